The summed E-state index contributed by atoms with van der Waals surface area (Å²) >= 11 is 0. The van der Waals surface area contributed by atoms with Crippen LogP contribution in [0.4, 0.5) is 5.69 Å². The Bertz CT molecular complexity index is 2000. The second-order valence-corrected chi connectivity index (χ2v) is 10.2. The van der Waals surface area contributed by atoms with Crippen molar-refractivity contribution in [1.82, 2.24) is 15.0 Å². The van der Waals surface area contributed by atoms with Crippen LogP contribution in [0, 0.1) is 0 Å². The molecule has 1 unspecified atom stereocenters. The normalized spacial score (nSPS) is 14.0. The highest BCUT2D eigenvalue weighted by Crippen LogP contribution is 2.43. The maximum Gasteiger partial charge on any atom is 0.196 e. The van der Waals surface area contributed by atoms with E-state index in [2.05, 4.69) is 72.0 Å². The first-order valence-electron chi connectivity index (χ1n) is 13.6. The average Bonchev–Trinajstić information content (AvgIpc) is 3.50. The van der Waals surface area contributed by atoms with Crippen LogP contribution in [0.5, 0.6) is 5.75 Å². The smallest absolute Gasteiger partial charge is 0.196 e. The molecule has 41 heavy (non-hydrogen) atoms. The number of aromatic nitrogens is 3. The van der Waals surface area contributed by atoms with Crippen LogP contribution in [0.1, 0.15) is 11.8 Å². The molecule has 1 atom stereocenters. The van der Waals surface area contributed by atoms with Gasteiger partial charge in [-0.3, -0.25) is 0 Å². The van der Waals surface area contributed by atoms with Gasteiger partial charge in [0.05, 0.1) is 5.69 Å². The average molecular weight is 529 g/mol. The first-order valence-corrected chi connectivity index (χ1v) is 13.6. The Hall–Kier alpha value is -5.55. The second-order valence-electron chi connectivity index (χ2n) is 10.2. The van der Waals surface area contributed by atoms with E-state index in [0.717, 1.165) is 44.5 Å². The van der Waals surface area contributed by atoms with E-state index in [-0.39, 0.29) is 6.23 Å². The number of nitrogens with one attached hydrogen (secondary N) is 1. The van der Waals surface area contributed by atoms with Gasteiger partial charge in [-0.15, -0.1) is 0 Å². The summed E-state index contributed by atoms with van der Waals surface area (Å²) in [6, 6.07) is 45.4. The predicted octanol–water partition coefficient (Wildman–Crippen LogP) is 8.68. The Morgan fingerprint density at radius 2 is 1.10 bits per heavy atom. The van der Waals surface area contributed by atoms with Crippen molar-refractivity contribution in [2.45, 2.75) is 6.23 Å². The Kier molecular flexibility index (Phi) is 5.45. The number of anilines is 1. The zero-order valence-electron chi connectivity index (χ0n) is 22.0. The van der Waals surface area contributed by atoms with Gasteiger partial charge >= 0.3 is 0 Å². The minimum absolute atomic E-state index is 0.245. The van der Waals surface area contributed by atoms with E-state index in [1.807, 2.05) is 66.7 Å². The van der Waals surface area contributed by atoms with Gasteiger partial charge in [-0.2, -0.15) is 0 Å². The Labute approximate surface area is 237 Å². The predicted molar refractivity (Wildman–Crippen MR) is 165 cm³/mol. The van der Waals surface area contributed by atoms with Crippen molar-refractivity contribution in [3.8, 4) is 39.9 Å². The van der Waals surface area contributed by atoms with Crippen LogP contribution in [-0.2, 0) is 0 Å². The van der Waals surface area contributed by atoms with Gasteiger partial charge in [-0.05, 0) is 34.4 Å². The highest BCUT2D eigenvalue weighted by atomic mass is 16.5. The Balaban J connectivity index is 1.18. The maximum atomic E-state index is 6.35. The highest BCUT2D eigenvalue weighted by molar-refractivity contribution is 5.99. The summed E-state index contributed by atoms with van der Waals surface area (Å²) in [6.45, 7) is 0. The number of nitrogens with zero attached hydrogens (tertiary/aromatic N) is 3. The van der Waals surface area contributed by atoms with Gasteiger partial charge in [0, 0.05) is 27.6 Å². The minimum Gasteiger partial charge on any atom is -0.464 e. The third-order valence-electron chi connectivity index (χ3n) is 7.54. The van der Waals surface area contributed by atoms with Crippen LogP contribution in [0.3, 0.4) is 0 Å². The highest BCUT2D eigenvalue weighted by Gasteiger charge is 2.25. The second kappa shape index (κ2) is 9.57. The van der Waals surface area contributed by atoms with Gasteiger partial charge in [0.2, 0.25) is 0 Å². The lowest BCUT2D eigenvalue weighted by molar-refractivity contribution is 0.260. The first kappa shape index (κ1) is 23.3. The molecule has 0 fully saturated rings. The fourth-order valence-corrected chi connectivity index (χ4v) is 5.44. The summed E-state index contributed by atoms with van der Waals surface area (Å²) in [5.41, 5.74) is 4.93. The molecule has 0 aliphatic carbocycles. The molecule has 5 heteroatoms. The monoisotopic (exact) mass is 528 g/mol. The van der Waals surface area contributed by atoms with Crippen molar-refractivity contribution >= 4 is 27.2 Å². The van der Waals surface area contributed by atoms with Crippen LogP contribution in [0.15, 0.2) is 133 Å². The number of fused-ring (bicyclic) bond motifs is 4. The standard InChI is InChI=1S/C36H24N4O/c1-3-10-24(11-4-1)33-38-34(25-12-5-2-6-13-25)40-35(39-33)28-17-19-30-27(22-28)18-20-31-32(30)37-36(41-31)29-16-15-23-9-7-8-14-26(23)21-29/h1-22,36-37H. The minimum atomic E-state index is -0.245. The SMILES string of the molecule is c1ccc(-c2nc(-c3ccccc3)nc(-c3ccc4c5c(ccc4c3)OC(c3ccc4ccccc4c3)N5)n2)cc1. The zero-order chi connectivity index (χ0) is 27.2. The summed E-state index contributed by atoms with van der Waals surface area (Å²) in [7, 11) is 0. The van der Waals surface area contributed by atoms with E-state index in [1.54, 1.807) is 0 Å². The topological polar surface area (TPSA) is 59.9 Å². The van der Waals surface area contributed by atoms with Crippen LogP contribution in [-0.4, -0.2) is 15.0 Å². The summed E-state index contributed by atoms with van der Waals surface area (Å²) < 4.78 is 6.35. The number of benzene rings is 6. The van der Waals surface area contributed by atoms with Crippen molar-refractivity contribution in [1.29, 1.82) is 0 Å². The summed E-state index contributed by atoms with van der Waals surface area (Å²) in [6.07, 6.45) is -0.245. The molecule has 8 rings (SSSR count). The molecule has 0 saturated carbocycles. The lowest BCUT2D eigenvalue weighted by Crippen LogP contribution is -2.09. The molecule has 0 spiro atoms. The molecule has 194 valence electrons. The van der Waals surface area contributed by atoms with Gasteiger partial charge in [-0.1, -0.05) is 115 Å². The van der Waals surface area contributed by atoms with E-state index in [9.17, 15) is 0 Å². The Morgan fingerprint density at radius 3 is 1.80 bits per heavy atom. The molecule has 6 aromatic carbocycles. The number of hydrogen-bond acceptors (Lipinski definition) is 5. The van der Waals surface area contributed by atoms with Crippen molar-refractivity contribution in [3.05, 3.63) is 139 Å². The van der Waals surface area contributed by atoms with Crippen molar-refractivity contribution in [3.63, 3.8) is 0 Å². The molecular weight excluding hydrogens is 504 g/mol. The number of hydrogen-bond donors (Lipinski definition) is 1. The molecule has 0 bridgehead atoms. The molecule has 5 nitrogen and oxygen atoms in total. The van der Waals surface area contributed by atoms with E-state index in [4.69, 9.17) is 19.7 Å². The number of ether oxygens (including phenoxy) is 1. The quantitative estimate of drug-likeness (QED) is 0.248. The van der Waals surface area contributed by atoms with Gasteiger partial charge in [-0.25, -0.2) is 15.0 Å². The summed E-state index contributed by atoms with van der Waals surface area (Å²) in [5.74, 6) is 2.79. The van der Waals surface area contributed by atoms with E-state index in [0.29, 0.717) is 17.5 Å². The van der Waals surface area contributed by atoms with E-state index >= 15 is 0 Å². The van der Waals surface area contributed by atoms with Crippen LogP contribution in [0.25, 0.3) is 55.7 Å². The van der Waals surface area contributed by atoms with Gasteiger partial charge < -0.3 is 10.1 Å². The van der Waals surface area contributed by atoms with Gasteiger partial charge in [0.15, 0.2) is 23.7 Å². The molecule has 1 aliphatic rings. The maximum absolute atomic E-state index is 6.35. The van der Waals surface area contributed by atoms with Crippen molar-refractivity contribution < 1.29 is 4.74 Å². The fourth-order valence-electron chi connectivity index (χ4n) is 5.44. The third-order valence-corrected chi connectivity index (χ3v) is 7.54. The molecular formula is C36H24N4O. The molecule has 1 aliphatic heterocycles. The van der Waals surface area contributed by atoms with E-state index in [1.165, 1.54) is 10.8 Å². The van der Waals surface area contributed by atoms with Crippen LogP contribution in [0.2, 0.25) is 0 Å². The molecule has 2 heterocycles. The first-order chi connectivity index (χ1) is 20.3. The van der Waals surface area contributed by atoms with Gasteiger partial charge in [0.25, 0.3) is 0 Å². The molecule has 0 saturated heterocycles. The van der Waals surface area contributed by atoms with Crippen LogP contribution >= 0.6 is 0 Å². The number of rotatable bonds is 4. The Morgan fingerprint density at radius 1 is 0.488 bits per heavy atom. The molecule has 0 radical (unpaired) electrons. The third kappa shape index (κ3) is 4.24. The van der Waals surface area contributed by atoms with Gasteiger partial charge in [0.1, 0.15) is 5.75 Å². The lowest BCUT2D eigenvalue weighted by atomic mass is 10.0. The molecule has 7 aromatic rings. The fraction of sp³-hybridized carbons (Fsp3) is 0.0278. The molecule has 1 aromatic heterocycles. The van der Waals surface area contributed by atoms with E-state index < -0.39 is 0 Å². The summed E-state index contributed by atoms with van der Waals surface area (Å²) in [5, 5.41) is 8.20. The molecule has 0 amide bonds. The lowest BCUT2D eigenvalue weighted by Gasteiger charge is -2.12. The van der Waals surface area contributed by atoms with Crippen molar-refractivity contribution in [2.24, 2.45) is 0 Å². The van der Waals surface area contributed by atoms with Crippen molar-refractivity contribution in [2.75, 3.05) is 5.32 Å². The zero-order valence-corrected chi connectivity index (χ0v) is 22.0. The molecule has 1 N–H and O–H groups in total. The summed E-state index contributed by atoms with van der Waals surface area (Å²) in [4.78, 5) is 14.6. The van der Waals surface area contributed by atoms with Crippen LogP contribution < -0.4 is 10.1 Å². The largest absolute Gasteiger partial charge is 0.464 e.